The third-order valence-corrected chi connectivity index (χ3v) is 4.33. The van der Waals surface area contributed by atoms with Crippen LogP contribution in [-0.2, 0) is 15.1 Å². The summed E-state index contributed by atoms with van der Waals surface area (Å²) >= 11 is 0. The molecule has 2 atom stereocenters. The summed E-state index contributed by atoms with van der Waals surface area (Å²) in [6.07, 6.45) is 1.81. The average molecular weight is 331 g/mol. The van der Waals surface area contributed by atoms with E-state index in [1.165, 1.54) is 0 Å². The average Bonchev–Trinajstić information content (AvgIpc) is 2.72. The van der Waals surface area contributed by atoms with Gasteiger partial charge in [-0.2, -0.15) is 0 Å². The summed E-state index contributed by atoms with van der Waals surface area (Å²) < 4.78 is 0. The fourth-order valence-corrected chi connectivity index (χ4v) is 2.89. The summed E-state index contributed by atoms with van der Waals surface area (Å²) in [4.78, 5) is 38.0. The molecule has 1 saturated heterocycles. The van der Waals surface area contributed by atoms with E-state index in [0.717, 1.165) is 23.3 Å². The molecule has 0 spiro atoms. The number of imide groups is 1. The monoisotopic (exact) mass is 331 g/mol. The lowest BCUT2D eigenvalue weighted by Gasteiger charge is -2.22. The Hall–Kier alpha value is -2.37. The molecule has 1 aliphatic heterocycles. The molecule has 6 nitrogen and oxygen atoms in total. The second-order valence-electron chi connectivity index (χ2n) is 6.57. The fraction of sp³-hybridized carbons (Fsp3) is 0.500. The maximum absolute atomic E-state index is 12.7. The molecule has 0 aromatic heterocycles. The van der Waals surface area contributed by atoms with Crippen molar-refractivity contribution in [2.45, 2.75) is 52.1 Å². The van der Waals surface area contributed by atoms with Crippen molar-refractivity contribution in [1.29, 1.82) is 0 Å². The van der Waals surface area contributed by atoms with E-state index in [1.54, 1.807) is 6.92 Å². The summed E-state index contributed by atoms with van der Waals surface area (Å²) in [5, 5.41) is 5.52. The molecule has 4 amide bonds. The number of nitrogens with zero attached hydrogens (tertiary/aromatic N) is 1. The van der Waals surface area contributed by atoms with Crippen LogP contribution in [0, 0.1) is 6.92 Å². The number of amides is 4. The van der Waals surface area contributed by atoms with Crippen LogP contribution in [0.2, 0.25) is 0 Å². The Bertz CT molecular complexity index is 641. The summed E-state index contributed by atoms with van der Waals surface area (Å²) in [5.41, 5.74) is 0.633. The topological polar surface area (TPSA) is 78.5 Å². The van der Waals surface area contributed by atoms with Crippen molar-refractivity contribution in [1.82, 2.24) is 15.5 Å². The Morgan fingerprint density at radius 2 is 1.92 bits per heavy atom. The van der Waals surface area contributed by atoms with Crippen LogP contribution >= 0.6 is 0 Å². The van der Waals surface area contributed by atoms with Crippen molar-refractivity contribution in [3.8, 4) is 0 Å². The van der Waals surface area contributed by atoms with E-state index >= 15 is 0 Å². The van der Waals surface area contributed by atoms with Crippen molar-refractivity contribution in [2.24, 2.45) is 0 Å². The fourth-order valence-electron chi connectivity index (χ4n) is 2.89. The van der Waals surface area contributed by atoms with Crippen molar-refractivity contribution >= 4 is 17.8 Å². The zero-order valence-corrected chi connectivity index (χ0v) is 14.7. The third-order valence-electron chi connectivity index (χ3n) is 4.33. The number of carbonyl (C=O) groups is 3. The molecule has 24 heavy (non-hydrogen) atoms. The molecular weight excluding hydrogens is 306 g/mol. The van der Waals surface area contributed by atoms with Gasteiger partial charge in [-0.3, -0.25) is 14.5 Å². The minimum atomic E-state index is -1.14. The molecule has 2 unspecified atom stereocenters. The normalized spacial score (nSPS) is 21.6. The molecule has 2 N–H and O–H groups in total. The van der Waals surface area contributed by atoms with Crippen molar-refractivity contribution < 1.29 is 14.4 Å². The van der Waals surface area contributed by atoms with E-state index in [2.05, 4.69) is 10.6 Å². The van der Waals surface area contributed by atoms with Crippen LogP contribution in [0.15, 0.2) is 24.3 Å². The first-order valence-electron chi connectivity index (χ1n) is 8.28. The van der Waals surface area contributed by atoms with Crippen LogP contribution in [0.3, 0.4) is 0 Å². The predicted molar refractivity (Wildman–Crippen MR) is 91.3 cm³/mol. The van der Waals surface area contributed by atoms with Gasteiger partial charge in [-0.05, 0) is 32.8 Å². The number of hydrogen-bond donors (Lipinski definition) is 2. The molecule has 0 bridgehead atoms. The van der Waals surface area contributed by atoms with Gasteiger partial charge >= 0.3 is 6.03 Å². The first-order valence-corrected chi connectivity index (χ1v) is 8.28. The number of rotatable bonds is 6. The van der Waals surface area contributed by atoms with Crippen LogP contribution in [0.25, 0.3) is 0 Å². The minimum Gasteiger partial charge on any atom is -0.352 e. The van der Waals surface area contributed by atoms with Crippen LogP contribution in [0.5, 0.6) is 0 Å². The molecule has 6 heteroatoms. The summed E-state index contributed by atoms with van der Waals surface area (Å²) in [5.74, 6) is -0.734. The number of nitrogens with one attached hydrogen (secondary N) is 2. The van der Waals surface area contributed by atoms with Crippen LogP contribution in [0.4, 0.5) is 4.79 Å². The highest BCUT2D eigenvalue weighted by Gasteiger charge is 2.49. The van der Waals surface area contributed by atoms with E-state index in [0.29, 0.717) is 5.56 Å². The largest absolute Gasteiger partial charge is 0.352 e. The van der Waals surface area contributed by atoms with Crippen LogP contribution < -0.4 is 10.6 Å². The lowest BCUT2D eigenvalue weighted by atomic mass is 9.91. The van der Waals surface area contributed by atoms with Gasteiger partial charge in [0.05, 0.1) is 0 Å². The Morgan fingerprint density at radius 1 is 1.29 bits per heavy atom. The van der Waals surface area contributed by atoms with Gasteiger partial charge in [-0.25, -0.2) is 4.79 Å². The minimum absolute atomic E-state index is 0.0201. The van der Waals surface area contributed by atoms with Gasteiger partial charge in [-0.1, -0.05) is 43.2 Å². The summed E-state index contributed by atoms with van der Waals surface area (Å²) in [6.45, 7) is 7.29. The van der Waals surface area contributed by atoms with Crippen molar-refractivity contribution in [3.05, 3.63) is 35.4 Å². The maximum atomic E-state index is 12.7. The Balaban J connectivity index is 2.11. The Kier molecular flexibility index (Phi) is 5.26. The van der Waals surface area contributed by atoms with Gasteiger partial charge in [0.2, 0.25) is 5.91 Å². The van der Waals surface area contributed by atoms with Crippen molar-refractivity contribution in [3.63, 3.8) is 0 Å². The molecular formula is C18H25N3O3. The number of carbonyl (C=O) groups excluding carboxylic acids is 3. The summed E-state index contributed by atoms with van der Waals surface area (Å²) in [6, 6.07) is 6.90. The van der Waals surface area contributed by atoms with E-state index in [-0.39, 0.29) is 18.5 Å². The number of urea groups is 1. The quantitative estimate of drug-likeness (QED) is 0.783. The highest BCUT2D eigenvalue weighted by atomic mass is 16.2. The zero-order valence-electron chi connectivity index (χ0n) is 14.7. The zero-order chi connectivity index (χ0) is 17.9. The van der Waals surface area contributed by atoms with Gasteiger partial charge in [0.15, 0.2) is 0 Å². The first kappa shape index (κ1) is 18.0. The molecule has 1 aromatic carbocycles. The maximum Gasteiger partial charge on any atom is 0.325 e. The molecule has 1 fully saturated rings. The first-order chi connectivity index (χ1) is 11.3. The standard InChI is InChI=1S/C18H25N3O3/c1-5-6-13(3)19-15(22)11-21-16(23)18(4,20-17(21)24)14-9-7-12(2)8-10-14/h7-10,13H,5-6,11H2,1-4H3,(H,19,22)(H,20,24). The van der Waals surface area contributed by atoms with Crippen LogP contribution in [0.1, 0.15) is 44.7 Å². The van der Waals surface area contributed by atoms with Gasteiger partial charge < -0.3 is 10.6 Å². The molecule has 130 valence electrons. The van der Waals surface area contributed by atoms with Gasteiger partial charge in [-0.15, -0.1) is 0 Å². The lowest BCUT2D eigenvalue weighted by Crippen LogP contribution is -2.44. The van der Waals surface area contributed by atoms with E-state index in [4.69, 9.17) is 0 Å². The summed E-state index contributed by atoms with van der Waals surface area (Å²) in [7, 11) is 0. The predicted octanol–water partition coefficient (Wildman–Crippen LogP) is 2.07. The number of benzene rings is 1. The van der Waals surface area contributed by atoms with Gasteiger partial charge in [0.25, 0.3) is 5.91 Å². The van der Waals surface area contributed by atoms with E-state index in [9.17, 15) is 14.4 Å². The Morgan fingerprint density at radius 3 is 2.50 bits per heavy atom. The lowest BCUT2D eigenvalue weighted by molar-refractivity contribution is -0.135. The highest BCUT2D eigenvalue weighted by Crippen LogP contribution is 2.28. The smallest absolute Gasteiger partial charge is 0.325 e. The number of aryl methyl sites for hydroxylation is 1. The second kappa shape index (κ2) is 7.03. The molecule has 0 aliphatic carbocycles. The van der Waals surface area contributed by atoms with Crippen LogP contribution in [-0.4, -0.2) is 35.3 Å². The van der Waals surface area contributed by atoms with E-state index in [1.807, 2.05) is 45.0 Å². The van der Waals surface area contributed by atoms with Crippen molar-refractivity contribution in [2.75, 3.05) is 6.54 Å². The second-order valence-corrected chi connectivity index (χ2v) is 6.57. The highest BCUT2D eigenvalue weighted by molar-refractivity contribution is 6.09. The molecule has 0 saturated carbocycles. The SMILES string of the molecule is CCCC(C)NC(=O)CN1C(=O)NC(C)(c2ccc(C)cc2)C1=O. The molecule has 2 rings (SSSR count). The Labute approximate surface area is 142 Å². The van der Waals surface area contributed by atoms with Gasteiger partial charge in [0, 0.05) is 6.04 Å². The molecule has 0 radical (unpaired) electrons. The van der Waals surface area contributed by atoms with E-state index < -0.39 is 17.5 Å². The van der Waals surface area contributed by atoms with Gasteiger partial charge in [0.1, 0.15) is 12.1 Å². The molecule has 1 heterocycles. The molecule has 1 aromatic rings. The number of hydrogen-bond acceptors (Lipinski definition) is 3. The third kappa shape index (κ3) is 3.58. The molecule has 1 aliphatic rings.